The molecule has 0 aliphatic rings. The summed E-state index contributed by atoms with van der Waals surface area (Å²) in [5.41, 5.74) is 2.04. The molecule has 0 radical (unpaired) electrons. The van der Waals surface area contributed by atoms with Crippen LogP contribution in [0.1, 0.15) is 36.6 Å². The van der Waals surface area contributed by atoms with Crippen LogP contribution in [0.15, 0.2) is 97.3 Å². The molecule has 0 spiro atoms. The fourth-order valence-electron chi connectivity index (χ4n) is 3.22. The Bertz CT molecular complexity index is 1320. The zero-order valence-corrected chi connectivity index (χ0v) is 17.3. The van der Waals surface area contributed by atoms with E-state index < -0.39 is 11.7 Å². The Kier molecular flexibility index (Phi) is 6.31. The molecular weight excluding hydrogens is 421 g/mol. The molecule has 162 valence electrons. The largest absolute Gasteiger partial charge is 0.322 e. The van der Waals surface area contributed by atoms with E-state index in [1.807, 2.05) is 0 Å². The predicted octanol–water partition coefficient (Wildman–Crippen LogP) is 4.96. The van der Waals surface area contributed by atoms with Crippen LogP contribution < -0.4 is 10.6 Å². The van der Waals surface area contributed by atoms with Crippen LogP contribution in [0.3, 0.4) is 0 Å². The van der Waals surface area contributed by atoms with Crippen LogP contribution in [0, 0.1) is 5.82 Å². The summed E-state index contributed by atoms with van der Waals surface area (Å²) in [6.45, 7) is 0. The molecule has 6 nitrogen and oxygen atoms in total. The van der Waals surface area contributed by atoms with Crippen LogP contribution in [0.5, 0.6) is 0 Å². The molecule has 2 amide bonds. The average Bonchev–Trinajstić information content (AvgIpc) is 2.85. The molecular formula is C26H18FN3O3. The third-order valence-corrected chi connectivity index (χ3v) is 4.84. The van der Waals surface area contributed by atoms with E-state index in [9.17, 15) is 18.8 Å². The van der Waals surface area contributed by atoms with Gasteiger partial charge in [0.2, 0.25) is 0 Å². The van der Waals surface area contributed by atoms with Gasteiger partial charge in [0, 0.05) is 40.5 Å². The van der Waals surface area contributed by atoms with Crippen molar-refractivity contribution in [1.29, 1.82) is 0 Å². The lowest BCUT2D eigenvalue weighted by atomic mass is 9.98. The minimum absolute atomic E-state index is 0.179. The number of carbonyl (C=O) groups is 3. The van der Waals surface area contributed by atoms with Crippen LogP contribution in [0.4, 0.5) is 15.8 Å². The first kappa shape index (κ1) is 21.6. The molecule has 0 aliphatic carbocycles. The Morgan fingerprint density at radius 3 is 1.91 bits per heavy atom. The standard InChI is InChI=1S/C26H18FN3O3/c27-19-10-8-17(9-11-19)24(31)22-6-1-2-7-23(22)26(33)30-21-5-3-4-20(16-21)29-25(32)18-12-14-28-15-13-18/h1-16H,(H,29,32)(H,30,33). The summed E-state index contributed by atoms with van der Waals surface area (Å²) < 4.78 is 13.2. The summed E-state index contributed by atoms with van der Waals surface area (Å²) in [5, 5.41) is 5.52. The highest BCUT2D eigenvalue weighted by molar-refractivity contribution is 6.17. The van der Waals surface area contributed by atoms with Crippen molar-refractivity contribution in [3.05, 3.63) is 125 Å². The van der Waals surface area contributed by atoms with Gasteiger partial charge in [0.25, 0.3) is 11.8 Å². The van der Waals surface area contributed by atoms with Gasteiger partial charge in [0.1, 0.15) is 5.82 Å². The highest BCUT2D eigenvalue weighted by Crippen LogP contribution is 2.20. The second kappa shape index (κ2) is 9.65. The van der Waals surface area contributed by atoms with Gasteiger partial charge < -0.3 is 10.6 Å². The van der Waals surface area contributed by atoms with Crippen LogP contribution in [-0.4, -0.2) is 22.6 Å². The number of aromatic nitrogens is 1. The van der Waals surface area contributed by atoms with E-state index in [2.05, 4.69) is 15.6 Å². The van der Waals surface area contributed by atoms with Crippen LogP contribution in [-0.2, 0) is 0 Å². The average molecular weight is 439 g/mol. The number of amides is 2. The fourth-order valence-corrected chi connectivity index (χ4v) is 3.22. The molecule has 0 fully saturated rings. The zero-order chi connectivity index (χ0) is 23.2. The van der Waals surface area contributed by atoms with Crippen molar-refractivity contribution in [2.24, 2.45) is 0 Å². The summed E-state index contributed by atoms with van der Waals surface area (Å²) in [4.78, 5) is 42.1. The topological polar surface area (TPSA) is 88.2 Å². The van der Waals surface area contributed by atoms with Gasteiger partial charge in [0.15, 0.2) is 5.78 Å². The van der Waals surface area contributed by atoms with E-state index >= 15 is 0 Å². The molecule has 4 aromatic rings. The molecule has 0 saturated heterocycles. The van der Waals surface area contributed by atoms with Crippen molar-refractivity contribution in [1.82, 2.24) is 4.98 Å². The number of hydrogen-bond donors (Lipinski definition) is 2. The monoisotopic (exact) mass is 439 g/mol. The highest BCUT2D eigenvalue weighted by atomic mass is 19.1. The number of pyridine rings is 1. The quantitative estimate of drug-likeness (QED) is 0.416. The maximum absolute atomic E-state index is 13.2. The van der Waals surface area contributed by atoms with Gasteiger partial charge in [-0.25, -0.2) is 4.39 Å². The van der Waals surface area contributed by atoms with Crippen LogP contribution in [0.25, 0.3) is 0 Å². The summed E-state index contributed by atoms with van der Waals surface area (Å²) in [7, 11) is 0. The molecule has 0 saturated carbocycles. The van der Waals surface area contributed by atoms with Crippen LogP contribution >= 0.6 is 0 Å². The number of ketones is 1. The zero-order valence-electron chi connectivity index (χ0n) is 17.3. The number of carbonyl (C=O) groups excluding carboxylic acids is 3. The maximum Gasteiger partial charge on any atom is 0.256 e. The first-order valence-electron chi connectivity index (χ1n) is 10.0. The van der Waals surface area contributed by atoms with E-state index in [0.29, 0.717) is 16.9 Å². The third kappa shape index (κ3) is 5.16. The van der Waals surface area contributed by atoms with Gasteiger partial charge in [-0.3, -0.25) is 19.4 Å². The number of hydrogen-bond acceptors (Lipinski definition) is 4. The van der Waals surface area contributed by atoms with Gasteiger partial charge in [-0.1, -0.05) is 24.3 Å². The molecule has 4 rings (SSSR count). The van der Waals surface area contributed by atoms with Crippen molar-refractivity contribution in [2.45, 2.75) is 0 Å². The fraction of sp³-hybridized carbons (Fsp3) is 0. The molecule has 1 aromatic heterocycles. The Morgan fingerprint density at radius 2 is 1.24 bits per heavy atom. The summed E-state index contributed by atoms with van der Waals surface area (Å²) in [6.07, 6.45) is 3.05. The number of benzene rings is 3. The lowest BCUT2D eigenvalue weighted by Gasteiger charge is -2.11. The lowest BCUT2D eigenvalue weighted by Crippen LogP contribution is -2.17. The summed E-state index contributed by atoms with van der Waals surface area (Å²) >= 11 is 0. The Morgan fingerprint density at radius 1 is 0.636 bits per heavy atom. The molecule has 7 heteroatoms. The van der Waals surface area contributed by atoms with Gasteiger partial charge in [-0.2, -0.15) is 0 Å². The molecule has 2 N–H and O–H groups in total. The van der Waals surface area contributed by atoms with Gasteiger partial charge in [0.05, 0.1) is 5.56 Å². The number of nitrogens with zero attached hydrogens (tertiary/aromatic N) is 1. The summed E-state index contributed by atoms with van der Waals surface area (Å²) in [5.74, 6) is -1.64. The van der Waals surface area contributed by atoms with Crippen LogP contribution in [0.2, 0.25) is 0 Å². The van der Waals surface area contributed by atoms with Crippen molar-refractivity contribution in [3.63, 3.8) is 0 Å². The number of halogens is 1. The van der Waals surface area contributed by atoms with Crippen molar-refractivity contribution in [2.75, 3.05) is 10.6 Å². The smallest absolute Gasteiger partial charge is 0.256 e. The van der Waals surface area contributed by atoms with Gasteiger partial charge in [-0.15, -0.1) is 0 Å². The molecule has 0 aliphatic heterocycles. The molecule has 1 heterocycles. The van der Waals surface area contributed by atoms with Crippen molar-refractivity contribution in [3.8, 4) is 0 Å². The van der Waals surface area contributed by atoms with E-state index in [0.717, 1.165) is 0 Å². The van der Waals surface area contributed by atoms with Crippen molar-refractivity contribution < 1.29 is 18.8 Å². The molecule has 33 heavy (non-hydrogen) atoms. The lowest BCUT2D eigenvalue weighted by molar-refractivity contribution is 0.0996. The molecule has 0 unspecified atom stereocenters. The number of rotatable bonds is 6. The first-order valence-corrected chi connectivity index (χ1v) is 10.0. The van der Waals surface area contributed by atoms with E-state index in [-0.39, 0.29) is 28.4 Å². The third-order valence-electron chi connectivity index (χ3n) is 4.84. The van der Waals surface area contributed by atoms with Crippen molar-refractivity contribution >= 4 is 29.0 Å². The van der Waals surface area contributed by atoms with E-state index in [1.54, 1.807) is 60.7 Å². The molecule has 3 aromatic carbocycles. The Hall–Kier alpha value is -4.65. The van der Waals surface area contributed by atoms with E-state index in [4.69, 9.17) is 0 Å². The maximum atomic E-state index is 13.2. The summed E-state index contributed by atoms with van der Waals surface area (Å²) in [6, 6.07) is 21.4. The SMILES string of the molecule is O=C(Nc1cccc(NC(=O)c2ccccc2C(=O)c2ccc(F)cc2)c1)c1ccncc1. The second-order valence-corrected chi connectivity index (χ2v) is 7.11. The number of nitrogens with one attached hydrogen (secondary N) is 2. The second-order valence-electron chi connectivity index (χ2n) is 7.11. The Labute approximate surface area is 189 Å². The normalized spacial score (nSPS) is 10.3. The Balaban J connectivity index is 1.52. The van der Waals surface area contributed by atoms with Gasteiger partial charge >= 0.3 is 0 Å². The molecule has 0 atom stereocenters. The van der Waals surface area contributed by atoms with E-state index in [1.165, 1.54) is 36.7 Å². The molecule has 0 bridgehead atoms. The first-order chi connectivity index (χ1) is 16.0. The number of anilines is 2. The minimum Gasteiger partial charge on any atom is -0.322 e. The highest BCUT2D eigenvalue weighted by Gasteiger charge is 2.18. The predicted molar refractivity (Wildman–Crippen MR) is 123 cm³/mol. The minimum atomic E-state index is -0.487. The van der Waals surface area contributed by atoms with Gasteiger partial charge in [-0.05, 0) is 60.7 Å².